The van der Waals surface area contributed by atoms with Crippen LogP contribution in [0.25, 0.3) is 10.9 Å². The molecule has 0 unspecified atom stereocenters. The molecular formula is C18H15FN4O4. The number of nitro groups is 1. The third kappa shape index (κ3) is 4.27. The summed E-state index contributed by atoms with van der Waals surface area (Å²) in [7, 11) is 0. The van der Waals surface area contributed by atoms with E-state index < -0.39 is 16.4 Å². The van der Waals surface area contributed by atoms with Crippen LogP contribution in [0, 0.1) is 15.9 Å². The number of fused-ring (bicyclic) bond motifs is 1. The number of benzene rings is 2. The van der Waals surface area contributed by atoms with Gasteiger partial charge in [-0.3, -0.25) is 14.9 Å². The topological polar surface area (TPSA) is 117 Å². The second-order valence-electron chi connectivity index (χ2n) is 5.68. The number of nitrogens with one attached hydrogen (secondary N) is 2. The minimum absolute atomic E-state index is 0.0737. The number of phenolic OH excluding ortho intramolecular Hbond substituents is 1. The predicted molar refractivity (Wildman–Crippen MR) is 97.3 cm³/mol. The zero-order chi connectivity index (χ0) is 19.4. The first-order valence-electron chi connectivity index (χ1n) is 8.00. The van der Waals surface area contributed by atoms with Gasteiger partial charge in [-0.25, -0.2) is 9.37 Å². The molecule has 3 rings (SSSR count). The minimum Gasteiger partial charge on any atom is -0.508 e. The van der Waals surface area contributed by atoms with Gasteiger partial charge in [-0.05, 0) is 42.5 Å². The Labute approximate surface area is 152 Å². The van der Waals surface area contributed by atoms with Crippen molar-refractivity contribution < 1.29 is 19.2 Å². The quantitative estimate of drug-likeness (QED) is 0.349. The fourth-order valence-electron chi connectivity index (χ4n) is 2.50. The fraction of sp³-hybridized carbons (Fsp3) is 0.111. The van der Waals surface area contributed by atoms with Crippen LogP contribution in [0.1, 0.15) is 10.4 Å². The van der Waals surface area contributed by atoms with Crippen LogP contribution in [0.2, 0.25) is 0 Å². The maximum absolute atomic E-state index is 13.4. The summed E-state index contributed by atoms with van der Waals surface area (Å²) in [6, 6.07) is 11.0. The normalized spacial score (nSPS) is 10.6. The number of carbonyl (C=O) groups excluding carboxylic acids is 1. The summed E-state index contributed by atoms with van der Waals surface area (Å²) in [5, 5.41) is 26.3. The largest absolute Gasteiger partial charge is 0.508 e. The van der Waals surface area contributed by atoms with Gasteiger partial charge >= 0.3 is 0 Å². The van der Waals surface area contributed by atoms with E-state index in [1.807, 2.05) is 0 Å². The van der Waals surface area contributed by atoms with E-state index in [1.165, 1.54) is 36.4 Å². The van der Waals surface area contributed by atoms with Gasteiger partial charge < -0.3 is 15.7 Å². The summed E-state index contributed by atoms with van der Waals surface area (Å²) in [6.07, 6.45) is 0. The zero-order valence-electron chi connectivity index (χ0n) is 14.0. The number of halogens is 1. The summed E-state index contributed by atoms with van der Waals surface area (Å²) in [5.41, 5.74) is 0.0862. The second kappa shape index (κ2) is 7.65. The van der Waals surface area contributed by atoms with Crippen molar-refractivity contribution >= 4 is 28.3 Å². The monoisotopic (exact) mass is 370 g/mol. The summed E-state index contributed by atoms with van der Waals surface area (Å²) in [5.74, 6) is -0.552. The third-order valence-electron chi connectivity index (χ3n) is 3.78. The van der Waals surface area contributed by atoms with Gasteiger partial charge in [0, 0.05) is 24.0 Å². The van der Waals surface area contributed by atoms with Gasteiger partial charge in [0.1, 0.15) is 17.4 Å². The van der Waals surface area contributed by atoms with E-state index in [0.29, 0.717) is 23.3 Å². The number of amides is 1. The number of nitrogens with zero attached hydrogens (tertiary/aromatic N) is 2. The van der Waals surface area contributed by atoms with Crippen LogP contribution in [-0.4, -0.2) is 34.0 Å². The molecule has 0 bridgehead atoms. The van der Waals surface area contributed by atoms with E-state index in [4.69, 9.17) is 0 Å². The molecule has 1 heterocycles. The standard InChI is InChI=1S/C18H15FN4O4/c19-13-9-12-3-6-16(22-17(12)15(10-13)23(26)27)20-7-8-21-18(25)11-1-4-14(24)5-2-11/h1-6,9-10,24H,7-8H2,(H,20,22)(H,21,25). The highest BCUT2D eigenvalue weighted by atomic mass is 19.1. The van der Waals surface area contributed by atoms with Gasteiger partial charge in [0.15, 0.2) is 5.52 Å². The summed E-state index contributed by atoms with van der Waals surface area (Å²) in [4.78, 5) is 26.5. The number of aromatic nitrogens is 1. The highest BCUT2D eigenvalue weighted by Gasteiger charge is 2.16. The summed E-state index contributed by atoms with van der Waals surface area (Å²) >= 11 is 0. The molecule has 0 fully saturated rings. The van der Waals surface area contributed by atoms with Gasteiger partial charge in [-0.1, -0.05) is 0 Å². The Morgan fingerprint density at radius 1 is 1.15 bits per heavy atom. The Balaban J connectivity index is 1.62. The van der Waals surface area contributed by atoms with Gasteiger partial charge in [0.05, 0.1) is 11.0 Å². The van der Waals surface area contributed by atoms with E-state index >= 15 is 0 Å². The molecule has 9 heteroatoms. The maximum Gasteiger partial charge on any atom is 0.298 e. The number of carbonyl (C=O) groups is 1. The highest BCUT2D eigenvalue weighted by molar-refractivity contribution is 5.94. The van der Waals surface area contributed by atoms with Crippen molar-refractivity contribution in [3.05, 3.63) is 70.0 Å². The molecule has 0 saturated heterocycles. The Kier molecular flexibility index (Phi) is 5.11. The molecule has 0 saturated carbocycles. The number of non-ortho nitro benzene ring substituents is 1. The molecule has 0 atom stereocenters. The molecule has 0 spiro atoms. The van der Waals surface area contributed by atoms with E-state index in [-0.39, 0.29) is 23.7 Å². The van der Waals surface area contributed by atoms with Crippen LogP contribution < -0.4 is 10.6 Å². The molecule has 1 aromatic heterocycles. The van der Waals surface area contributed by atoms with Gasteiger partial charge in [0.25, 0.3) is 11.6 Å². The van der Waals surface area contributed by atoms with Crippen molar-refractivity contribution in [1.82, 2.24) is 10.3 Å². The number of anilines is 1. The van der Waals surface area contributed by atoms with Crippen LogP contribution >= 0.6 is 0 Å². The molecule has 0 aliphatic heterocycles. The average Bonchev–Trinajstić information content (AvgIpc) is 2.65. The first-order chi connectivity index (χ1) is 12.9. The molecule has 3 aromatic rings. The van der Waals surface area contributed by atoms with Crippen LogP contribution in [-0.2, 0) is 0 Å². The fourth-order valence-corrected chi connectivity index (χ4v) is 2.50. The predicted octanol–water partition coefficient (Wildman–Crippen LogP) is 2.83. The smallest absolute Gasteiger partial charge is 0.298 e. The number of rotatable bonds is 6. The highest BCUT2D eigenvalue weighted by Crippen LogP contribution is 2.26. The first-order valence-corrected chi connectivity index (χ1v) is 8.00. The molecule has 27 heavy (non-hydrogen) atoms. The van der Waals surface area contributed by atoms with Crippen molar-refractivity contribution in [2.45, 2.75) is 0 Å². The molecular weight excluding hydrogens is 355 g/mol. The molecule has 8 nitrogen and oxygen atoms in total. The van der Waals surface area contributed by atoms with Crippen LogP contribution in [0.15, 0.2) is 48.5 Å². The van der Waals surface area contributed by atoms with Gasteiger partial charge in [0.2, 0.25) is 0 Å². The molecule has 0 radical (unpaired) electrons. The van der Waals surface area contributed by atoms with Crippen molar-refractivity contribution in [1.29, 1.82) is 0 Å². The van der Waals surface area contributed by atoms with Crippen molar-refractivity contribution in [3.8, 4) is 5.75 Å². The first kappa shape index (κ1) is 18.1. The van der Waals surface area contributed by atoms with E-state index in [2.05, 4.69) is 15.6 Å². The average molecular weight is 370 g/mol. The van der Waals surface area contributed by atoms with Gasteiger partial charge in [-0.15, -0.1) is 0 Å². The molecule has 138 valence electrons. The molecule has 0 aliphatic carbocycles. The zero-order valence-corrected chi connectivity index (χ0v) is 14.0. The number of phenols is 1. The number of aromatic hydroxyl groups is 1. The SMILES string of the molecule is O=C(NCCNc1ccc2cc(F)cc([N+](=O)[O-])c2n1)c1ccc(O)cc1. The Bertz CT molecular complexity index is 1010. The van der Waals surface area contributed by atoms with Crippen LogP contribution in [0.5, 0.6) is 5.75 Å². The van der Waals surface area contributed by atoms with Crippen LogP contribution in [0.3, 0.4) is 0 Å². The molecule has 2 aromatic carbocycles. The lowest BCUT2D eigenvalue weighted by molar-refractivity contribution is -0.383. The lowest BCUT2D eigenvalue weighted by Gasteiger charge is -2.08. The summed E-state index contributed by atoms with van der Waals surface area (Å²) in [6.45, 7) is 0.613. The number of hydrogen-bond donors (Lipinski definition) is 3. The van der Waals surface area contributed by atoms with Gasteiger partial charge in [-0.2, -0.15) is 0 Å². The number of hydrogen-bond acceptors (Lipinski definition) is 6. The lowest BCUT2D eigenvalue weighted by atomic mass is 10.2. The van der Waals surface area contributed by atoms with E-state index in [0.717, 1.165) is 6.07 Å². The Hall–Kier alpha value is -3.75. The Morgan fingerprint density at radius 2 is 1.89 bits per heavy atom. The maximum atomic E-state index is 13.4. The lowest BCUT2D eigenvalue weighted by Crippen LogP contribution is -2.28. The van der Waals surface area contributed by atoms with Crippen molar-refractivity contribution in [3.63, 3.8) is 0 Å². The second-order valence-corrected chi connectivity index (χ2v) is 5.68. The van der Waals surface area contributed by atoms with Crippen LogP contribution in [0.4, 0.5) is 15.9 Å². The summed E-state index contributed by atoms with van der Waals surface area (Å²) < 4.78 is 13.4. The molecule has 1 amide bonds. The Morgan fingerprint density at radius 3 is 2.59 bits per heavy atom. The molecule has 3 N–H and O–H groups in total. The third-order valence-corrected chi connectivity index (χ3v) is 3.78. The molecule has 0 aliphatic rings. The minimum atomic E-state index is -0.700. The van der Waals surface area contributed by atoms with Crippen molar-refractivity contribution in [2.75, 3.05) is 18.4 Å². The van der Waals surface area contributed by atoms with Crippen molar-refractivity contribution in [2.24, 2.45) is 0 Å². The van der Waals surface area contributed by atoms with E-state index in [1.54, 1.807) is 6.07 Å². The number of nitro benzene ring substituents is 1. The van der Waals surface area contributed by atoms with E-state index in [9.17, 15) is 24.4 Å². The number of pyridine rings is 1.